The highest BCUT2D eigenvalue weighted by atomic mass is 35.5. The Kier molecular flexibility index (Phi) is 4.06. The number of rotatable bonds is 4. The third kappa shape index (κ3) is 2.81. The van der Waals surface area contributed by atoms with Crippen LogP contribution in [0, 0.1) is 0 Å². The summed E-state index contributed by atoms with van der Waals surface area (Å²) in [7, 11) is 1.48. The molecule has 1 aromatic carbocycles. The van der Waals surface area contributed by atoms with Crippen molar-refractivity contribution in [3.05, 3.63) is 35.9 Å². The van der Waals surface area contributed by atoms with E-state index >= 15 is 0 Å². The number of ether oxygens (including phenoxy) is 1. The third-order valence-electron chi connectivity index (χ3n) is 2.94. The van der Waals surface area contributed by atoms with Gasteiger partial charge in [0, 0.05) is 7.11 Å². The van der Waals surface area contributed by atoms with Crippen LogP contribution in [0.4, 0.5) is 5.69 Å². The molecule has 1 heterocycles. The largest absolute Gasteiger partial charge is 0.369 e. The van der Waals surface area contributed by atoms with E-state index in [2.05, 4.69) is 15.4 Å². The number of carbonyl (C=O) groups is 1. The molecule has 0 saturated heterocycles. The van der Waals surface area contributed by atoms with Crippen LogP contribution in [0.2, 0.25) is 5.02 Å². The summed E-state index contributed by atoms with van der Waals surface area (Å²) in [6.45, 7) is 3.37. The number of hydrogen-bond donors (Lipinski definition) is 1. The summed E-state index contributed by atoms with van der Waals surface area (Å²) in [5.41, 5.74) is 0.159. The van der Waals surface area contributed by atoms with Crippen molar-refractivity contribution >= 4 is 23.2 Å². The fourth-order valence-corrected chi connectivity index (χ4v) is 1.80. The molecule has 2 aromatic rings. The molecular weight excluding hydrogens is 280 g/mol. The molecule has 0 bridgehead atoms. The van der Waals surface area contributed by atoms with Gasteiger partial charge in [0.05, 0.1) is 10.7 Å². The number of hydrogen-bond acceptors (Lipinski definition) is 4. The fourth-order valence-electron chi connectivity index (χ4n) is 1.54. The predicted molar refractivity (Wildman–Crippen MR) is 76.1 cm³/mol. The Bertz CT molecular complexity index is 611. The summed E-state index contributed by atoms with van der Waals surface area (Å²) in [6, 6.07) is 5.21. The molecule has 1 aromatic heterocycles. The van der Waals surface area contributed by atoms with Gasteiger partial charge in [-0.25, -0.2) is 9.67 Å². The second-order valence-electron chi connectivity index (χ2n) is 4.64. The molecular formula is C13H15ClN4O2. The molecule has 0 saturated carbocycles. The standard InChI is InChI=1S/C13H15ClN4O2/c1-13(2,20-3)12(19)17-10-6-4-5-9(14)11(10)18-8-15-7-16-18/h4-8H,1-3H3,(H,17,19). The van der Waals surface area contributed by atoms with Crippen LogP contribution in [0.15, 0.2) is 30.9 Å². The highest BCUT2D eigenvalue weighted by molar-refractivity contribution is 6.33. The van der Waals surface area contributed by atoms with Gasteiger partial charge in [0.2, 0.25) is 0 Å². The SMILES string of the molecule is COC(C)(C)C(=O)Nc1cccc(Cl)c1-n1cncn1. The van der Waals surface area contributed by atoms with Crippen molar-refractivity contribution < 1.29 is 9.53 Å². The molecule has 106 valence electrons. The summed E-state index contributed by atoms with van der Waals surface area (Å²) in [5, 5.41) is 7.29. The predicted octanol–water partition coefficient (Wildman–Crippen LogP) is 2.28. The second-order valence-corrected chi connectivity index (χ2v) is 5.05. The van der Waals surface area contributed by atoms with Gasteiger partial charge in [-0.05, 0) is 26.0 Å². The average Bonchev–Trinajstić information content (AvgIpc) is 2.92. The smallest absolute Gasteiger partial charge is 0.256 e. The molecule has 1 N–H and O–H groups in total. The minimum Gasteiger partial charge on any atom is -0.369 e. The molecule has 1 amide bonds. The summed E-state index contributed by atoms with van der Waals surface area (Å²) in [4.78, 5) is 16.1. The average molecular weight is 295 g/mol. The van der Waals surface area contributed by atoms with Crippen LogP contribution in [0.5, 0.6) is 0 Å². The number of halogens is 1. The first-order valence-corrected chi connectivity index (χ1v) is 6.33. The molecule has 20 heavy (non-hydrogen) atoms. The molecule has 0 aliphatic rings. The molecule has 6 nitrogen and oxygen atoms in total. The van der Waals surface area contributed by atoms with Gasteiger partial charge in [0.25, 0.3) is 5.91 Å². The van der Waals surface area contributed by atoms with E-state index in [4.69, 9.17) is 16.3 Å². The van der Waals surface area contributed by atoms with Crippen LogP contribution < -0.4 is 5.32 Å². The lowest BCUT2D eigenvalue weighted by atomic mass is 10.1. The second kappa shape index (κ2) is 5.60. The summed E-state index contributed by atoms with van der Waals surface area (Å²) in [6.07, 6.45) is 2.91. The Labute approximate surface area is 121 Å². The highest BCUT2D eigenvalue weighted by Gasteiger charge is 2.28. The van der Waals surface area contributed by atoms with Crippen molar-refractivity contribution in [1.29, 1.82) is 0 Å². The molecule has 2 rings (SSSR count). The van der Waals surface area contributed by atoms with Gasteiger partial charge >= 0.3 is 0 Å². The fraction of sp³-hybridized carbons (Fsp3) is 0.308. The van der Waals surface area contributed by atoms with Gasteiger partial charge < -0.3 is 10.1 Å². The van der Waals surface area contributed by atoms with Crippen molar-refractivity contribution in [3.63, 3.8) is 0 Å². The number of carbonyl (C=O) groups excluding carboxylic acids is 1. The molecule has 0 aliphatic heterocycles. The lowest BCUT2D eigenvalue weighted by Crippen LogP contribution is -2.39. The first-order chi connectivity index (χ1) is 9.45. The van der Waals surface area contributed by atoms with E-state index in [9.17, 15) is 4.79 Å². The Morgan fingerprint density at radius 2 is 2.20 bits per heavy atom. The van der Waals surface area contributed by atoms with Crippen molar-refractivity contribution in [2.75, 3.05) is 12.4 Å². The van der Waals surface area contributed by atoms with Gasteiger partial charge in [0.1, 0.15) is 23.9 Å². The van der Waals surface area contributed by atoms with Gasteiger partial charge in [-0.2, -0.15) is 5.10 Å². The van der Waals surface area contributed by atoms with Gasteiger partial charge in [-0.3, -0.25) is 4.79 Å². The van der Waals surface area contributed by atoms with Crippen molar-refractivity contribution in [2.24, 2.45) is 0 Å². The molecule has 0 radical (unpaired) electrons. The quantitative estimate of drug-likeness (QED) is 0.939. The highest BCUT2D eigenvalue weighted by Crippen LogP contribution is 2.28. The molecule has 0 aliphatic carbocycles. The number of nitrogens with one attached hydrogen (secondary N) is 1. The zero-order chi connectivity index (χ0) is 14.8. The first-order valence-electron chi connectivity index (χ1n) is 5.96. The van der Waals surface area contributed by atoms with E-state index in [0.717, 1.165) is 0 Å². The zero-order valence-corrected chi connectivity index (χ0v) is 12.2. The number of benzene rings is 1. The van der Waals surface area contributed by atoms with Crippen molar-refractivity contribution in [2.45, 2.75) is 19.4 Å². The minimum atomic E-state index is -0.943. The number of nitrogens with zero attached hydrogens (tertiary/aromatic N) is 3. The van der Waals surface area contributed by atoms with Crippen LogP contribution in [0.1, 0.15) is 13.8 Å². The molecule has 0 unspecified atom stereocenters. The van der Waals surface area contributed by atoms with Crippen LogP contribution >= 0.6 is 11.6 Å². The zero-order valence-electron chi connectivity index (χ0n) is 11.4. The van der Waals surface area contributed by atoms with Crippen molar-refractivity contribution in [1.82, 2.24) is 14.8 Å². The maximum Gasteiger partial charge on any atom is 0.256 e. The lowest BCUT2D eigenvalue weighted by molar-refractivity contribution is -0.133. The number of aromatic nitrogens is 3. The molecule has 0 atom stereocenters. The molecule has 0 spiro atoms. The molecule has 0 fully saturated rings. The maximum atomic E-state index is 12.2. The lowest BCUT2D eigenvalue weighted by Gasteiger charge is -2.22. The van der Waals surface area contributed by atoms with E-state index in [-0.39, 0.29) is 5.91 Å². The summed E-state index contributed by atoms with van der Waals surface area (Å²) >= 11 is 6.18. The number of para-hydroxylation sites is 1. The summed E-state index contributed by atoms with van der Waals surface area (Å²) in [5.74, 6) is -0.274. The van der Waals surface area contributed by atoms with E-state index in [0.29, 0.717) is 16.4 Å². The minimum absolute atomic E-state index is 0.274. The Morgan fingerprint density at radius 1 is 1.45 bits per heavy atom. The maximum absolute atomic E-state index is 12.2. The normalized spacial score (nSPS) is 11.4. The van der Waals surface area contributed by atoms with E-state index in [1.807, 2.05) is 0 Å². The van der Waals surface area contributed by atoms with E-state index in [1.165, 1.54) is 24.4 Å². The topological polar surface area (TPSA) is 69.0 Å². The van der Waals surface area contributed by atoms with Crippen LogP contribution in [0.25, 0.3) is 5.69 Å². The van der Waals surface area contributed by atoms with Crippen LogP contribution in [0.3, 0.4) is 0 Å². The van der Waals surface area contributed by atoms with E-state index in [1.54, 1.807) is 32.0 Å². The van der Waals surface area contributed by atoms with Gasteiger partial charge in [-0.15, -0.1) is 0 Å². The van der Waals surface area contributed by atoms with E-state index < -0.39 is 5.60 Å². The Balaban J connectivity index is 2.39. The molecule has 7 heteroatoms. The Hall–Kier alpha value is -1.92. The summed E-state index contributed by atoms with van der Waals surface area (Å²) < 4.78 is 6.65. The van der Waals surface area contributed by atoms with Crippen LogP contribution in [-0.4, -0.2) is 33.4 Å². The number of anilines is 1. The number of amides is 1. The van der Waals surface area contributed by atoms with Crippen LogP contribution in [-0.2, 0) is 9.53 Å². The third-order valence-corrected chi connectivity index (χ3v) is 3.24. The van der Waals surface area contributed by atoms with Crippen molar-refractivity contribution in [3.8, 4) is 5.69 Å². The number of methoxy groups -OCH3 is 1. The van der Waals surface area contributed by atoms with Gasteiger partial charge in [0.15, 0.2) is 0 Å². The first kappa shape index (κ1) is 14.5. The van der Waals surface area contributed by atoms with Gasteiger partial charge in [-0.1, -0.05) is 17.7 Å². The monoisotopic (exact) mass is 294 g/mol. The Morgan fingerprint density at radius 3 is 2.80 bits per heavy atom.